The fraction of sp³-hybridized carbons (Fsp3) is 0.500. The standard InChI is InChI=1S/C12H18ClN/c1-4-11(9(2)3)14-12-8-6-5-7-10(12)13/h5-9,11,14H,4H2,1-3H3. The highest BCUT2D eigenvalue weighted by Crippen LogP contribution is 2.23. The third kappa shape index (κ3) is 2.91. The number of hydrogen-bond donors (Lipinski definition) is 1. The van der Waals surface area contributed by atoms with Gasteiger partial charge in [-0.25, -0.2) is 0 Å². The molecule has 0 aliphatic carbocycles. The van der Waals surface area contributed by atoms with Crippen LogP contribution < -0.4 is 5.32 Å². The summed E-state index contributed by atoms with van der Waals surface area (Å²) in [6.07, 6.45) is 1.11. The Balaban J connectivity index is 2.72. The van der Waals surface area contributed by atoms with Crippen molar-refractivity contribution in [3.05, 3.63) is 29.3 Å². The third-order valence-electron chi connectivity index (χ3n) is 2.46. The van der Waals surface area contributed by atoms with Gasteiger partial charge in [-0.15, -0.1) is 0 Å². The maximum Gasteiger partial charge on any atom is 0.0637 e. The van der Waals surface area contributed by atoms with E-state index in [1.165, 1.54) is 0 Å². The van der Waals surface area contributed by atoms with Gasteiger partial charge in [0.05, 0.1) is 10.7 Å². The van der Waals surface area contributed by atoms with Crippen LogP contribution in [0.3, 0.4) is 0 Å². The summed E-state index contributed by atoms with van der Waals surface area (Å²) in [7, 11) is 0. The molecule has 0 radical (unpaired) electrons. The van der Waals surface area contributed by atoms with E-state index in [4.69, 9.17) is 11.6 Å². The van der Waals surface area contributed by atoms with Gasteiger partial charge in [0.2, 0.25) is 0 Å². The molecule has 0 fully saturated rings. The van der Waals surface area contributed by atoms with Crippen LogP contribution in [0.5, 0.6) is 0 Å². The molecular weight excluding hydrogens is 194 g/mol. The largest absolute Gasteiger partial charge is 0.381 e. The molecule has 0 amide bonds. The number of anilines is 1. The second-order valence-corrected chi connectivity index (χ2v) is 4.29. The molecule has 1 aromatic rings. The van der Waals surface area contributed by atoms with Crippen molar-refractivity contribution < 1.29 is 0 Å². The lowest BCUT2D eigenvalue weighted by Crippen LogP contribution is -2.24. The van der Waals surface area contributed by atoms with Crippen molar-refractivity contribution in [3.8, 4) is 0 Å². The molecule has 1 atom stereocenters. The molecule has 0 saturated carbocycles. The summed E-state index contributed by atoms with van der Waals surface area (Å²) in [5.74, 6) is 0.622. The maximum atomic E-state index is 6.07. The summed E-state index contributed by atoms with van der Waals surface area (Å²) in [6, 6.07) is 8.38. The number of para-hydroxylation sites is 1. The van der Waals surface area contributed by atoms with Crippen LogP contribution in [-0.4, -0.2) is 6.04 Å². The zero-order valence-electron chi connectivity index (χ0n) is 9.05. The van der Waals surface area contributed by atoms with Crippen molar-refractivity contribution in [1.82, 2.24) is 0 Å². The van der Waals surface area contributed by atoms with E-state index in [0.29, 0.717) is 12.0 Å². The van der Waals surface area contributed by atoms with Crippen LogP contribution >= 0.6 is 11.6 Å². The van der Waals surface area contributed by atoms with E-state index in [0.717, 1.165) is 17.1 Å². The van der Waals surface area contributed by atoms with Gasteiger partial charge in [0.15, 0.2) is 0 Å². The zero-order chi connectivity index (χ0) is 10.6. The molecule has 1 unspecified atom stereocenters. The first-order valence-electron chi connectivity index (χ1n) is 5.16. The number of benzene rings is 1. The lowest BCUT2D eigenvalue weighted by molar-refractivity contribution is 0.511. The lowest BCUT2D eigenvalue weighted by atomic mass is 10.0. The van der Waals surface area contributed by atoms with Gasteiger partial charge in [-0.2, -0.15) is 0 Å². The van der Waals surface area contributed by atoms with Crippen molar-refractivity contribution in [1.29, 1.82) is 0 Å². The SMILES string of the molecule is CCC(Nc1ccccc1Cl)C(C)C. The van der Waals surface area contributed by atoms with E-state index >= 15 is 0 Å². The monoisotopic (exact) mass is 211 g/mol. The summed E-state index contributed by atoms with van der Waals surface area (Å²) in [6.45, 7) is 6.63. The molecule has 0 bridgehead atoms. The fourth-order valence-corrected chi connectivity index (χ4v) is 1.71. The highest BCUT2D eigenvalue weighted by molar-refractivity contribution is 6.33. The molecule has 0 heterocycles. The first-order valence-corrected chi connectivity index (χ1v) is 5.54. The van der Waals surface area contributed by atoms with Crippen LogP contribution in [-0.2, 0) is 0 Å². The minimum atomic E-state index is 0.495. The predicted octanol–water partition coefficient (Wildman–Crippen LogP) is 4.19. The third-order valence-corrected chi connectivity index (χ3v) is 2.79. The number of halogens is 1. The van der Waals surface area contributed by atoms with Crippen molar-refractivity contribution in [2.45, 2.75) is 33.2 Å². The summed E-state index contributed by atoms with van der Waals surface area (Å²) in [5, 5.41) is 4.26. The van der Waals surface area contributed by atoms with Crippen LogP contribution in [0, 0.1) is 5.92 Å². The van der Waals surface area contributed by atoms with E-state index in [1.54, 1.807) is 0 Å². The van der Waals surface area contributed by atoms with Gasteiger partial charge in [-0.1, -0.05) is 44.5 Å². The van der Waals surface area contributed by atoms with E-state index in [-0.39, 0.29) is 0 Å². The van der Waals surface area contributed by atoms with Gasteiger partial charge in [-0.3, -0.25) is 0 Å². The molecule has 1 nitrogen and oxygen atoms in total. The Morgan fingerprint density at radius 1 is 1.29 bits per heavy atom. The van der Waals surface area contributed by atoms with Gasteiger partial charge >= 0.3 is 0 Å². The van der Waals surface area contributed by atoms with Crippen molar-refractivity contribution in [2.75, 3.05) is 5.32 Å². The molecule has 14 heavy (non-hydrogen) atoms. The molecule has 0 spiro atoms. The molecule has 0 saturated heterocycles. The molecule has 0 aliphatic rings. The Morgan fingerprint density at radius 2 is 1.93 bits per heavy atom. The van der Waals surface area contributed by atoms with Crippen LogP contribution in [0.25, 0.3) is 0 Å². The average Bonchev–Trinajstić information content (AvgIpc) is 2.16. The van der Waals surface area contributed by atoms with Crippen molar-refractivity contribution in [3.63, 3.8) is 0 Å². The second-order valence-electron chi connectivity index (χ2n) is 3.88. The Morgan fingerprint density at radius 3 is 2.43 bits per heavy atom. The lowest BCUT2D eigenvalue weighted by Gasteiger charge is -2.22. The van der Waals surface area contributed by atoms with Crippen LogP contribution in [0.1, 0.15) is 27.2 Å². The van der Waals surface area contributed by atoms with Crippen LogP contribution in [0.4, 0.5) is 5.69 Å². The average molecular weight is 212 g/mol. The van der Waals surface area contributed by atoms with Gasteiger partial charge in [0.1, 0.15) is 0 Å². The minimum absolute atomic E-state index is 0.495. The van der Waals surface area contributed by atoms with E-state index in [1.807, 2.05) is 24.3 Å². The summed E-state index contributed by atoms with van der Waals surface area (Å²) < 4.78 is 0. The fourth-order valence-electron chi connectivity index (χ4n) is 1.52. The Hall–Kier alpha value is -0.690. The number of rotatable bonds is 4. The Kier molecular flexibility index (Phi) is 4.27. The topological polar surface area (TPSA) is 12.0 Å². The summed E-state index contributed by atoms with van der Waals surface area (Å²) in [4.78, 5) is 0. The number of nitrogens with one attached hydrogen (secondary N) is 1. The van der Waals surface area contributed by atoms with Gasteiger partial charge in [-0.05, 0) is 24.5 Å². The smallest absolute Gasteiger partial charge is 0.0637 e. The first kappa shape index (κ1) is 11.4. The normalized spacial score (nSPS) is 12.9. The Labute approximate surface area is 91.5 Å². The highest BCUT2D eigenvalue weighted by atomic mass is 35.5. The molecule has 1 aromatic carbocycles. The van der Waals surface area contributed by atoms with Gasteiger partial charge in [0, 0.05) is 6.04 Å². The molecule has 1 rings (SSSR count). The molecule has 1 N–H and O–H groups in total. The van der Waals surface area contributed by atoms with Gasteiger partial charge < -0.3 is 5.32 Å². The maximum absolute atomic E-state index is 6.07. The minimum Gasteiger partial charge on any atom is -0.381 e. The van der Waals surface area contributed by atoms with Crippen LogP contribution in [0.15, 0.2) is 24.3 Å². The van der Waals surface area contributed by atoms with Crippen molar-refractivity contribution in [2.24, 2.45) is 5.92 Å². The first-order chi connectivity index (χ1) is 6.65. The quantitative estimate of drug-likeness (QED) is 0.788. The van der Waals surface area contributed by atoms with E-state index < -0.39 is 0 Å². The summed E-state index contributed by atoms with van der Waals surface area (Å²) >= 11 is 6.07. The molecule has 0 aromatic heterocycles. The van der Waals surface area contributed by atoms with E-state index in [9.17, 15) is 0 Å². The molecule has 2 heteroatoms. The van der Waals surface area contributed by atoms with Gasteiger partial charge in [0.25, 0.3) is 0 Å². The van der Waals surface area contributed by atoms with Crippen LogP contribution in [0.2, 0.25) is 5.02 Å². The zero-order valence-corrected chi connectivity index (χ0v) is 9.81. The number of hydrogen-bond acceptors (Lipinski definition) is 1. The Bertz CT molecular complexity index is 283. The summed E-state index contributed by atoms with van der Waals surface area (Å²) in [5.41, 5.74) is 1.04. The van der Waals surface area contributed by atoms with E-state index in [2.05, 4.69) is 26.1 Å². The molecular formula is C12H18ClN. The van der Waals surface area contributed by atoms with Crippen molar-refractivity contribution >= 4 is 17.3 Å². The second kappa shape index (κ2) is 5.26. The predicted molar refractivity (Wildman–Crippen MR) is 64.0 cm³/mol. The highest BCUT2D eigenvalue weighted by Gasteiger charge is 2.11. The molecule has 78 valence electrons. The molecule has 0 aliphatic heterocycles.